The highest BCUT2D eigenvalue weighted by molar-refractivity contribution is 9.10. The highest BCUT2D eigenvalue weighted by atomic mass is 79.9. The van der Waals surface area contributed by atoms with Crippen molar-refractivity contribution in [1.29, 1.82) is 0 Å². The highest BCUT2D eigenvalue weighted by Gasteiger charge is 2.12. The summed E-state index contributed by atoms with van der Waals surface area (Å²) in [5.74, 6) is 0.117. The number of carbonyl (C=O) groups excluding carboxylic acids is 1. The van der Waals surface area contributed by atoms with E-state index in [1.807, 2.05) is 33.6 Å². The summed E-state index contributed by atoms with van der Waals surface area (Å²) in [4.78, 5) is 18.1. The standard InChI is InChI=1S/C11H7BrN2OS2/c12-7-3-10(17-6-7)9(15)4-8-5-14-1-2-16-11(14)13-8/h1-3,5-6H,4H2. The molecular weight excluding hydrogens is 320 g/mol. The van der Waals surface area contributed by atoms with Crippen LogP contribution in [0.5, 0.6) is 0 Å². The average molecular weight is 327 g/mol. The molecule has 0 amide bonds. The maximum absolute atomic E-state index is 12.0. The minimum Gasteiger partial charge on any atom is -0.297 e. The van der Waals surface area contributed by atoms with Crippen LogP contribution in [0.25, 0.3) is 4.96 Å². The van der Waals surface area contributed by atoms with Crippen LogP contribution >= 0.6 is 38.6 Å². The lowest BCUT2D eigenvalue weighted by Crippen LogP contribution is -2.01. The fourth-order valence-electron chi connectivity index (χ4n) is 1.57. The first-order chi connectivity index (χ1) is 8.22. The fraction of sp³-hybridized carbons (Fsp3) is 0.0909. The predicted molar refractivity (Wildman–Crippen MR) is 73.1 cm³/mol. The molecule has 0 aliphatic rings. The van der Waals surface area contributed by atoms with E-state index in [9.17, 15) is 4.79 Å². The van der Waals surface area contributed by atoms with Crippen LogP contribution in [0.2, 0.25) is 0 Å². The van der Waals surface area contributed by atoms with Crippen LogP contribution in [0, 0.1) is 0 Å². The first-order valence-corrected chi connectivity index (χ1v) is 7.46. The van der Waals surface area contributed by atoms with Gasteiger partial charge >= 0.3 is 0 Å². The van der Waals surface area contributed by atoms with Crippen molar-refractivity contribution in [2.24, 2.45) is 0 Å². The molecule has 0 fully saturated rings. The fourth-order valence-corrected chi connectivity index (χ4v) is 3.66. The Labute approximate surface area is 114 Å². The zero-order valence-corrected chi connectivity index (χ0v) is 11.8. The monoisotopic (exact) mass is 326 g/mol. The van der Waals surface area contributed by atoms with Gasteiger partial charge in [-0.1, -0.05) is 0 Å². The molecule has 0 bridgehead atoms. The van der Waals surface area contributed by atoms with Crippen LogP contribution in [-0.2, 0) is 6.42 Å². The van der Waals surface area contributed by atoms with Crippen molar-refractivity contribution in [2.75, 3.05) is 0 Å². The van der Waals surface area contributed by atoms with Crippen molar-refractivity contribution in [2.45, 2.75) is 6.42 Å². The molecule has 3 rings (SSSR count). The molecule has 0 unspecified atom stereocenters. The van der Waals surface area contributed by atoms with Crippen molar-refractivity contribution in [3.8, 4) is 0 Å². The Morgan fingerprint density at radius 1 is 1.47 bits per heavy atom. The summed E-state index contributed by atoms with van der Waals surface area (Å²) in [6, 6.07) is 1.85. The number of rotatable bonds is 3. The highest BCUT2D eigenvalue weighted by Crippen LogP contribution is 2.21. The molecule has 0 aromatic carbocycles. The molecule has 0 aliphatic heterocycles. The van der Waals surface area contributed by atoms with Crippen molar-refractivity contribution in [1.82, 2.24) is 9.38 Å². The summed E-state index contributed by atoms with van der Waals surface area (Å²) in [7, 11) is 0. The second-order valence-electron chi connectivity index (χ2n) is 3.55. The average Bonchev–Trinajstić information content (AvgIpc) is 2.92. The third-order valence-corrected chi connectivity index (χ3v) is 4.83. The van der Waals surface area contributed by atoms with Crippen LogP contribution in [0.1, 0.15) is 15.4 Å². The van der Waals surface area contributed by atoms with Gasteiger partial charge in [0.1, 0.15) is 0 Å². The van der Waals surface area contributed by atoms with E-state index in [1.54, 1.807) is 11.3 Å². The molecule has 86 valence electrons. The lowest BCUT2D eigenvalue weighted by atomic mass is 10.2. The Morgan fingerprint density at radius 3 is 3.06 bits per heavy atom. The molecule has 3 aromatic heterocycles. The summed E-state index contributed by atoms with van der Waals surface area (Å²) in [5, 5.41) is 3.89. The van der Waals surface area contributed by atoms with E-state index in [0.717, 1.165) is 20.0 Å². The molecular formula is C11H7BrN2OS2. The van der Waals surface area contributed by atoms with Crippen LogP contribution in [0.3, 0.4) is 0 Å². The molecule has 0 radical (unpaired) electrons. The molecule has 0 saturated carbocycles. The Balaban J connectivity index is 1.83. The van der Waals surface area contributed by atoms with Gasteiger partial charge in [0.05, 0.1) is 17.0 Å². The van der Waals surface area contributed by atoms with Gasteiger partial charge in [0, 0.05) is 27.6 Å². The molecule has 6 heteroatoms. The number of carbonyl (C=O) groups is 1. The second-order valence-corrected chi connectivity index (χ2v) is 6.25. The second kappa shape index (κ2) is 4.36. The Morgan fingerprint density at radius 2 is 2.35 bits per heavy atom. The number of thiophene rings is 1. The van der Waals surface area contributed by atoms with E-state index in [4.69, 9.17) is 0 Å². The summed E-state index contributed by atoms with van der Waals surface area (Å²) < 4.78 is 2.90. The quantitative estimate of drug-likeness (QED) is 0.688. The van der Waals surface area contributed by atoms with Crippen LogP contribution < -0.4 is 0 Å². The maximum Gasteiger partial charge on any atom is 0.193 e. The number of nitrogens with zero attached hydrogens (tertiary/aromatic N) is 2. The molecule has 0 aliphatic carbocycles. The first-order valence-electron chi connectivity index (χ1n) is 4.91. The number of ketones is 1. The van der Waals surface area contributed by atoms with E-state index >= 15 is 0 Å². The van der Waals surface area contributed by atoms with Crippen LogP contribution in [0.15, 0.2) is 33.7 Å². The van der Waals surface area contributed by atoms with Gasteiger partial charge in [0.15, 0.2) is 10.7 Å². The maximum atomic E-state index is 12.0. The van der Waals surface area contributed by atoms with Gasteiger partial charge in [0.25, 0.3) is 0 Å². The van der Waals surface area contributed by atoms with E-state index in [0.29, 0.717) is 6.42 Å². The number of thiazole rings is 1. The molecule has 17 heavy (non-hydrogen) atoms. The topological polar surface area (TPSA) is 34.4 Å². The van der Waals surface area contributed by atoms with Gasteiger partial charge in [-0.05, 0) is 22.0 Å². The van der Waals surface area contributed by atoms with Crippen LogP contribution in [0.4, 0.5) is 0 Å². The number of halogens is 1. The Bertz CT molecular complexity index is 654. The first kappa shape index (κ1) is 11.1. The number of fused-ring (bicyclic) bond motifs is 1. The lowest BCUT2D eigenvalue weighted by molar-refractivity contribution is 0.0996. The molecule has 0 saturated heterocycles. The minimum absolute atomic E-state index is 0.117. The summed E-state index contributed by atoms with van der Waals surface area (Å²) >= 11 is 6.38. The number of imidazole rings is 1. The van der Waals surface area contributed by atoms with Gasteiger partial charge in [-0.2, -0.15) is 0 Å². The largest absolute Gasteiger partial charge is 0.297 e. The summed E-state index contributed by atoms with van der Waals surface area (Å²) in [6.07, 6.45) is 4.22. The molecule has 0 atom stereocenters. The molecule has 0 N–H and O–H groups in total. The number of hydrogen-bond acceptors (Lipinski definition) is 4. The van der Waals surface area contributed by atoms with Crippen molar-refractivity contribution >= 4 is 49.3 Å². The molecule has 3 nitrogen and oxygen atoms in total. The van der Waals surface area contributed by atoms with Crippen molar-refractivity contribution in [3.05, 3.63) is 44.3 Å². The van der Waals surface area contributed by atoms with Gasteiger partial charge < -0.3 is 0 Å². The molecule has 3 heterocycles. The van der Waals surface area contributed by atoms with Gasteiger partial charge in [-0.15, -0.1) is 22.7 Å². The van der Waals surface area contributed by atoms with E-state index in [-0.39, 0.29) is 5.78 Å². The minimum atomic E-state index is 0.117. The Kier molecular flexibility index (Phi) is 2.85. The van der Waals surface area contributed by atoms with E-state index < -0.39 is 0 Å². The smallest absolute Gasteiger partial charge is 0.193 e. The SMILES string of the molecule is O=C(Cc1cn2ccsc2n1)c1cc(Br)cs1. The van der Waals surface area contributed by atoms with Gasteiger partial charge in [-0.3, -0.25) is 9.20 Å². The third-order valence-electron chi connectivity index (χ3n) is 2.33. The number of hydrogen-bond donors (Lipinski definition) is 0. The van der Waals surface area contributed by atoms with Gasteiger partial charge in [-0.25, -0.2) is 4.98 Å². The van der Waals surface area contributed by atoms with E-state index in [2.05, 4.69) is 20.9 Å². The predicted octanol–water partition coefficient (Wildman–Crippen LogP) is 3.65. The lowest BCUT2D eigenvalue weighted by Gasteiger charge is -1.92. The van der Waals surface area contributed by atoms with Crippen molar-refractivity contribution < 1.29 is 4.79 Å². The summed E-state index contributed by atoms with van der Waals surface area (Å²) in [5.41, 5.74) is 0.825. The Hall–Kier alpha value is -0.980. The number of aromatic nitrogens is 2. The molecule has 3 aromatic rings. The van der Waals surface area contributed by atoms with Crippen molar-refractivity contribution in [3.63, 3.8) is 0 Å². The summed E-state index contributed by atoms with van der Waals surface area (Å²) in [6.45, 7) is 0. The van der Waals surface area contributed by atoms with Gasteiger partial charge in [0.2, 0.25) is 0 Å². The molecule has 0 spiro atoms. The zero-order valence-electron chi connectivity index (χ0n) is 8.59. The third kappa shape index (κ3) is 2.20. The number of Topliss-reactive ketones (excluding diaryl/α,β-unsaturated/α-hetero) is 1. The van der Waals surface area contributed by atoms with Crippen LogP contribution in [-0.4, -0.2) is 15.2 Å². The normalized spacial score (nSPS) is 11.1. The van der Waals surface area contributed by atoms with E-state index in [1.165, 1.54) is 11.3 Å². The zero-order chi connectivity index (χ0) is 11.8.